The van der Waals surface area contributed by atoms with Gasteiger partial charge < -0.3 is 14.5 Å². The Hall–Kier alpha value is -0.545. The Morgan fingerprint density at radius 1 is 1.35 bits per heavy atom. The third kappa shape index (κ3) is 5.55. The van der Waals surface area contributed by atoms with Gasteiger partial charge in [-0.05, 0) is 33.5 Å². The summed E-state index contributed by atoms with van der Waals surface area (Å²) >= 11 is 0. The van der Waals surface area contributed by atoms with Gasteiger partial charge in [-0.15, -0.1) is 0 Å². The molecule has 0 rings (SSSR count). The van der Waals surface area contributed by atoms with Crippen LogP contribution in [0.4, 0.5) is 0 Å². The fourth-order valence-corrected chi connectivity index (χ4v) is 1.14. The van der Waals surface area contributed by atoms with E-state index in [2.05, 4.69) is 4.74 Å². The van der Waals surface area contributed by atoms with Crippen LogP contribution in [0.25, 0.3) is 0 Å². The maximum atomic E-state index is 11.2. The van der Waals surface area contributed by atoms with E-state index in [1.54, 1.807) is 13.8 Å². The molecule has 0 radical (unpaired) electrons. The number of hydrogen-bond donors (Lipinski definition) is 1. The van der Waals surface area contributed by atoms with Gasteiger partial charge in [0.2, 0.25) is 0 Å². The van der Waals surface area contributed by atoms with Crippen LogP contribution in [0.15, 0.2) is 0 Å². The largest absolute Gasteiger partial charge is 0.469 e. The molecule has 100 valence electrons. The normalized spacial score (nSPS) is 14.3. The summed E-state index contributed by atoms with van der Waals surface area (Å²) in [5, 5.41) is 9.94. The molecule has 0 aromatic rings. The first-order valence-electron chi connectivity index (χ1n) is 6.07. The molecule has 1 unspecified atom stereocenters. The lowest BCUT2D eigenvalue weighted by molar-refractivity contribution is -0.140. The predicted molar refractivity (Wildman–Crippen MR) is 69.3 cm³/mol. The van der Waals surface area contributed by atoms with Crippen LogP contribution in [0.2, 0.25) is 5.82 Å². The molecule has 4 nitrogen and oxygen atoms in total. The van der Waals surface area contributed by atoms with Crippen molar-refractivity contribution in [3.05, 3.63) is 0 Å². The summed E-state index contributed by atoms with van der Waals surface area (Å²) in [7, 11) is 1.83. The van der Waals surface area contributed by atoms with E-state index < -0.39 is 11.2 Å². The highest BCUT2D eigenvalue weighted by molar-refractivity contribution is 6.30. The molecular weight excluding hydrogens is 219 g/mol. The van der Waals surface area contributed by atoms with E-state index in [9.17, 15) is 9.90 Å². The number of aliphatic hydroxyl groups is 1. The van der Waals surface area contributed by atoms with Crippen LogP contribution in [-0.4, -0.2) is 36.9 Å². The Morgan fingerprint density at radius 2 is 1.88 bits per heavy atom. The number of methoxy groups -OCH3 is 1. The lowest BCUT2D eigenvalue weighted by Crippen LogP contribution is -2.48. The van der Waals surface area contributed by atoms with E-state index in [4.69, 9.17) is 4.65 Å². The molecule has 0 amide bonds. The smallest absolute Gasteiger partial charge is 0.305 e. The SMILES string of the molecule is CCC(BOC(C)(C)C(C)(C)O)CC(=O)OC. The van der Waals surface area contributed by atoms with Crippen molar-refractivity contribution < 1.29 is 19.3 Å². The van der Waals surface area contributed by atoms with Gasteiger partial charge in [0.05, 0.1) is 18.3 Å². The summed E-state index contributed by atoms with van der Waals surface area (Å²) in [5.41, 5.74) is -1.56. The quantitative estimate of drug-likeness (QED) is 0.546. The molecule has 0 fully saturated rings. The topological polar surface area (TPSA) is 55.8 Å². The first-order chi connectivity index (χ1) is 7.64. The molecule has 1 N–H and O–H groups in total. The Kier molecular flexibility index (Phi) is 6.20. The zero-order valence-corrected chi connectivity index (χ0v) is 11.9. The van der Waals surface area contributed by atoms with Gasteiger partial charge >= 0.3 is 5.97 Å². The lowest BCUT2D eigenvalue weighted by Gasteiger charge is -2.38. The molecule has 0 aliphatic heterocycles. The van der Waals surface area contributed by atoms with Crippen LogP contribution >= 0.6 is 0 Å². The van der Waals surface area contributed by atoms with Crippen molar-refractivity contribution in [3.8, 4) is 0 Å². The van der Waals surface area contributed by atoms with Crippen molar-refractivity contribution in [2.24, 2.45) is 0 Å². The molecular formula is C12H25BO4. The minimum atomic E-state index is -0.920. The van der Waals surface area contributed by atoms with Gasteiger partial charge in [-0.3, -0.25) is 4.79 Å². The summed E-state index contributed by atoms with van der Waals surface area (Å²) < 4.78 is 10.4. The van der Waals surface area contributed by atoms with Crippen LogP contribution in [-0.2, 0) is 14.2 Å². The van der Waals surface area contributed by atoms with Gasteiger partial charge in [-0.25, -0.2) is 0 Å². The van der Waals surface area contributed by atoms with Crippen LogP contribution in [0, 0.1) is 0 Å². The number of esters is 1. The van der Waals surface area contributed by atoms with Crippen molar-refractivity contribution in [3.63, 3.8) is 0 Å². The number of carbonyl (C=O) groups excluding carboxylic acids is 1. The molecule has 0 aromatic carbocycles. The second-order valence-corrected chi connectivity index (χ2v) is 5.43. The average Bonchev–Trinajstić information content (AvgIpc) is 2.22. The summed E-state index contributed by atoms with van der Waals surface area (Å²) in [4.78, 5) is 11.2. The molecule has 0 heterocycles. The van der Waals surface area contributed by atoms with Gasteiger partial charge in [0.25, 0.3) is 7.48 Å². The van der Waals surface area contributed by atoms with Crippen molar-refractivity contribution in [2.45, 2.75) is 64.5 Å². The highest BCUT2D eigenvalue weighted by Gasteiger charge is 2.36. The third-order valence-corrected chi connectivity index (χ3v) is 3.41. The van der Waals surface area contributed by atoms with Crippen LogP contribution < -0.4 is 0 Å². The molecule has 0 aliphatic rings. The fraction of sp³-hybridized carbons (Fsp3) is 0.917. The minimum Gasteiger partial charge on any atom is -0.469 e. The summed E-state index contributed by atoms with van der Waals surface area (Å²) in [5.74, 6) is -0.0920. The molecule has 5 heteroatoms. The zero-order valence-electron chi connectivity index (χ0n) is 11.9. The Morgan fingerprint density at radius 3 is 2.24 bits per heavy atom. The van der Waals surface area contributed by atoms with E-state index in [-0.39, 0.29) is 11.8 Å². The fourth-order valence-electron chi connectivity index (χ4n) is 1.14. The lowest BCUT2D eigenvalue weighted by atomic mass is 9.74. The van der Waals surface area contributed by atoms with E-state index in [1.165, 1.54) is 7.11 Å². The maximum Gasteiger partial charge on any atom is 0.305 e. The van der Waals surface area contributed by atoms with Gasteiger partial charge in [0.1, 0.15) is 0 Å². The Labute approximate surface area is 105 Å². The second-order valence-electron chi connectivity index (χ2n) is 5.43. The first-order valence-corrected chi connectivity index (χ1v) is 6.07. The van der Waals surface area contributed by atoms with E-state index in [0.29, 0.717) is 13.9 Å². The van der Waals surface area contributed by atoms with Crippen LogP contribution in [0.1, 0.15) is 47.5 Å². The molecule has 17 heavy (non-hydrogen) atoms. The number of carbonyl (C=O) groups is 1. The third-order valence-electron chi connectivity index (χ3n) is 3.41. The number of rotatable bonds is 7. The molecule has 0 spiro atoms. The van der Waals surface area contributed by atoms with Crippen molar-refractivity contribution in [1.82, 2.24) is 0 Å². The van der Waals surface area contributed by atoms with E-state index in [1.807, 2.05) is 20.8 Å². The highest BCUT2D eigenvalue weighted by Crippen LogP contribution is 2.27. The predicted octanol–water partition coefficient (Wildman–Crippen LogP) is 1.67. The summed E-state index contributed by atoms with van der Waals surface area (Å²) in [6, 6.07) is 0. The minimum absolute atomic E-state index is 0.129. The highest BCUT2D eigenvalue weighted by atomic mass is 16.5. The molecule has 0 saturated heterocycles. The first kappa shape index (κ1) is 16.5. The van der Waals surface area contributed by atoms with Crippen LogP contribution in [0.5, 0.6) is 0 Å². The average molecular weight is 244 g/mol. The molecule has 0 aromatic heterocycles. The number of ether oxygens (including phenoxy) is 1. The van der Waals surface area contributed by atoms with Gasteiger partial charge in [0.15, 0.2) is 0 Å². The second kappa shape index (κ2) is 6.40. The van der Waals surface area contributed by atoms with Crippen LogP contribution in [0.3, 0.4) is 0 Å². The maximum absolute atomic E-state index is 11.2. The molecule has 0 aliphatic carbocycles. The molecule has 1 atom stereocenters. The van der Waals surface area contributed by atoms with Gasteiger partial charge in [-0.2, -0.15) is 0 Å². The number of hydrogen-bond acceptors (Lipinski definition) is 4. The molecule has 0 bridgehead atoms. The summed E-state index contributed by atoms with van der Waals surface area (Å²) in [6.45, 7) is 9.13. The van der Waals surface area contributed by atoms with E-state index in [0.717, 1.165) is 6.42 Å². The Bertz CT molecular complexity index is 245. The Balaban J connectivity index is 4.28. The molecule has 0 saturated carbocycles. The standard InChI is InChI=1S/C12H25BO4/c1-7-9(8-10(14)16-6)13-17-12(4,5)11(2,3)15/h9,13,15H,7-8H2,1-6H3. The summed E-state index contributed by atoms with van der Waals surface area (Å²) in [6.07, 6.45) is 1.20. The monoisotopic (exact) mass is 244 g/mol. The van der Waals surface area contributed by atoms with Crippen molar-refractivity contribution in [2.75, 3.05) is 7.11 Å². The van der Waals surface area contributed by atoms with Gasteiger partial charge in [-0.1, -0.05) is 13.3 Å². The van der Waals surface area contributed by atoms with Crippen molar-refractivity contribution in [1.29, 1.82) is 0 Å². The van der Waals surface area contributed by atoms with Gasteiger partial charge in [0, 0.05) is 6.42 Å². The zero-order chi connectivity index (χ0) is 13.7. The van der Waals surface area contributed by atoms with E-state index >= 15 is 0 Å². The van der Waals surface area contributed by atoms with Crippen molar-refractivity contribution >= 4 is 13.5 Å².